The summed E-state index contributed by atoms with van der Waals surface area (Å²) in [5.41, 5.74) is -0.0820. The van der Waals surface area contributed by atoms with Crippen LogP contribution in [-0.2, 0) is 4.79 Å². The lowest BCUT2D eigenvalue weighted by molar-refractivity contribution is -0.135. The number of hydrogen-bond acceptors (Lipinski definition) is 3. The number of hydrogen-bond donors (Lipinski definition) is 0. The summed E-state index contributed by atoms with van der Waals surface area (Å²) < 4.78 is 0. The van der Waals surface area contributed by atoms with Crippen LogP contribution in [0.4, 0.5) is 0 Å². The molecule has 0 aromatic carbocycles. The minimum absolute atomic E-state index is 0.0820. The summed E-state index contributed by atoms with van der Waals surface area (Å²) in [5.74, 6) is 0.805. The molecule has 2 saturated heterocycles. The molecule has 3 unspecified atom stereocenters. The van der Waals surface area contributed by atoms with E-state index in [4.69, 9.17) is 0 Å². The summed E-state index contributed by atoms with van der Waals surface area (Å²) in [6, 6.07) is 1.38. The second kappa shape index (κ2) is 5.42. The Kier molecular flexibility index (Phi) is 3.93. The Morgan fingerprint density at radius 3 is 2.80 bits per heavy atom. The predicted molar refractivity (Wildman–Crippen MR) is 81.8 cm³/mol. The summed E-state index contributed by atoms with van der Waals surface area (Å²) in [6.45, 7) is 11.3. The van der Waals surface area contributed by atoms with Crippen molar-refractivity contribution >= 4 is 5.78 Å². The number of rotatable bonds is 2. The van der Waals surface area contributed by atoms with E-state index >= 15 is 0 Å². The van der Waals surface area contributed by atoms with Crippen LogP contribution in [0.5, 0.6) is 0 Å². The van der Waals surface area contributed by atoms with Crippen LogP contribution in [0.3, 0.4) is 0 Å². The molecule has 0 bridgehead atoms. The second-order valence-corrected chi connectivity index (χ2v) is 7.93. The number of fused-ring (bicyclic) bond motifs is 1. The summed E-state index contributed by atoms with van der Waals surface area (Å²) in [5, 5.41) is 0. The van der Waals surface area contributed by atoms with E-state index < -0.39 is 0 Å². The molecule has 3 rings (SSSR count). The molecule has 1 saturated carbocycles. The van der Waals surface area contributed by atoms with Crippen molar-refractivity contribution in [2.45, 2.75) is 65.0 Å². The van der Waals surface area contributed by atoms with E-state index in [-0.39, 0.29) is 11.3 Å². The maximum absolute atomic E-state index is 12.6. The lowest BCUT2D eigenvalue weighted by Gasteiger charge is -2.45. The molecule has 0 N–H and O–H groups in total. The highest BCUT2D eigenvalue weighted by Gasteiger charge is 2.40. The Labute approximate surface area is 123 Å². The molecule has 3 heteroatoms. The highest BCUT2D eigenvalue weighted by Crippen LogP contribution is 2.36. The van der Waals surface area contributed by atoms with Crippen LogP contribution in [-0.4, -0.2) is 53.8 Å². The van der Waals surface area contributed by atoms with Crippen LogP contribution in [0.25, 0.3) is 0 Å². The molecule has 0 aromatic rings. The van der Waals surface area contributed by atoms with Gasteiger partial charge in [-0.25, -0.2) is 0 Å². The second-order valence-electron chi connectivity index (χ2n) is 7.93. The van der Waals surface area contributed by atoms with E-state index in [2.05, 4.69) is 30.6 Å². The average Bonchev–Trinajstić information content (AvgIpc) is 2.82. The fourth-order valence-electron chi connectivity index (χ4n) is 4.56. The first-order valence-corrected chi connectivity index (χ1v) is 8.50. The largest absolute Gasteiger partial charge is 0.299 e. The highest BCUT2D eigenvalue weighted by atomic mass is 16.1. The fraction of sp³-hybridized carbons (Fsp3) is 0.941. The van der Waals surface area contributed by atoms with E-state index in [1.165, 1.54) is 38.9 Å². The smallest absolute Gasteiger partial charge is 0.142 e. The van der Waals surface area contributed by atoms with Gasteiger partial charge in [-0.3, -0.25) is 14.6 Å². The maximum Gasteiger partial charge on any atom is 0.142 e. The molecule has 2 aliphatic heterocycles. The lowest BCUT2D eigenvalue weighted by atomic mass is 9.71. The van der Waals surface area contributed by atoms with Crippen LogP contribution in [0.15, 0.2) is 0 Å². The van der Waals surface area contributed by atoms with Crippen LogP contribution in [0.2, 0.25) is 0 Å². The lowest BCUT2D eigenvalue weighted by Crippen LogP contribution is -2.57. The highest BCUT2D eigenvalue weighted by molar-refractivity contribution is 5.87. The molecule has 114 valence electrons. The van der Waals surface area contributed by atoms with Gasteiger partial charge in [0.2, 0.25) is 0 Å². The first kappa shape index (κ1) is 14.5. The van der Waals surface area contributed by atoms with Gasteiger partial charge in [-0.2, -0.15) is 0 Å². The molecule has 20 heavy (non-hydrogen) atoms. The van der Waals surface area contributed by atoms with Crippen molar-refractivity contribution in [1.82, 2.24) is 9.80 Å². The Morgan fingerprint density at radius 1 is 1.20 bits per heavy atom. The molecular weight excluding hydrogens is 248 g/mol. The third-order valence-corrected chi connectivity index (χ3v) is 5.91. The van der Waals surface area contributed by atoms with Gasteiger partial charge in [0.05, 0.1) is 0 Å². The molecule has 3 fully saturated rings. The van der Waals surface area contributed by atoms with Gasteiger partial charge in [-0.05, 0) is 39.2 Å². The van der Waals surface area contributed by atoms with Crippen molar-refractivity contribution in [3.63, 3.8) is 0 Å². The van der Waals surface area contributed by atoms with E-state index in [1.54, 1.807) is 0 Å². The van der Waals surface area contributed by atoms with Gasteiger partial charge in [0.15, 0.2) is 0 Å². The monoisotopic (exact) mass is 278 g/mol. The summed E-state index contributed by atoms with van der Waals surface area (Å²) in [7, 11) is 0. The summed E-state index contributed by atoms with van der Waals surface area (Å²) >= 11 is 0. The molecule has 3 atom stereocenters. The molecular formula is C17H30N2O. The van der Waals surface area contributed by atoms with E-state index in [9.17, 15) is 4.79 Å². The molecule has 3 nitrogen and oxygen atoms in total. The summed E-state index contributed by atoms with van der Waals surface area (Å²) in [4.78, 5) is 17.9. The van der Waals surface area contributed by atoms with Crippen LogP contribution >= 0.6 is 0 Å². The van der Waals surface area contributed by atoms with Crippen molar-refractivity contribution < 1.29 is 4.79 Å². The molecule has 3 aliphatic rings. The number of ketones is 1. The molecule has 0 aromatic heterocycles. The Hall–Kier alpha value is -0.410. The van der Waals surface area contributed by atoms with Crippen LogP contribution in [0, 0.1) is 11.3 Å². The zero-order chi connectivity index (χ0) is 14.3. The summed E-state index contributed by atoms with van der Waals surface area (Å²) in [6.07, 6.45) is 6.13. The number of Topliss-reactive ketones (excluding diaryl/α,β-unsaturated/α-hetero) is 1. The van der Waals surface area contributed by atoms with Gasteiger partial charge >= 0.3 is 0 Å². The Bertz CT molecular complexity index is 379. The van der Waals surface area contributed by atoms with Gasteiger partial charge in [-0.15, -0.1) is 0 Å². The topological polar surface area (TPSA) is 23.6 Å². The molecule has 0 spiro atoms. The van der Waals surface area contributed by atoms with Crippen molar-refractivity contribution in [3.05, 3.63) is 0 Å². The minimum atomic E-state index is -0.0820. The number of nitrogens with zero attached hydrogens (tertiary/aromatic N) is 2. The van der Waals surface area contributed by atoms with Crippen molar-refractivity contribution in [2.24, 2.45) is 11.3 Å². The standard InChI is InChI=1S/C17H30N2O/c1-13-10-18-9-5-7-15(18)12-19(13)11-14-6-4-8-17(2,3)16(14)20/h13-15H,4-12H2,1-3H3. The van der Waals surface area contributed by atoms with Crippen molar-refractivity contribution in [1.29, 1.82) is 0 Å². The maximum atomic E-state index is 12.6. The first-order chi connectivity index (χ1) is 9.47. The van der Waals surface area contributed by atoms with Gasteiger partial charge in [0.25, 0.3) is 0 Å². The normalized spacial score (nSPS) is 39.0. The van der Waals surface area contributed by atoms with E-state index in [0.717, 1.165) is 25.4 Å². The number of carbonyl (C=O) groups excluding carboxylic acids is 1. The van der Waals surface area contributed by atoms with Gasteiger partial charge in [0.1, 0.15) is 5.78 Å². The third kappa shape index (κ3) is 2.67. The first-order valence-electron chi connectivity index (χ1n) is 8.50. The Balaban J connectivity index is 1.63. The van der Waals surface area contributed by atoms with E-state index in [1.807, 2.05) is 0 Å². The molecule has 1 aliphatic carbocycles. The van der Waals surface area contributed by atoms with Crippen molar-refractivity contribution in [2.75, 3.05) is 26.2 Å². The predicted octanol–water partition coefficient (Wildman–Crippen LogP) is 2.55. The Morgan fingerprint density at radius 2 is 2.00 bits per heavy atom. The molecule has 0 radical (unpaired) electrons. The minimum Gasteiger partial charge on any atom is -0.299 e. The fourth-order valence-corrected chi connectivity index (χ4v) is 4.56. The SMILES string of the molecule is CC1CN2CCCC2CN1CC1CCCC(C)(C)C1=O. The number of carbonyl (C=O) groups is 1. The average molecular weight is 278 g/mol. The molecule has 2 heterocycles. The van der Waals surface area contributed by atoms with Crippen molar-refractivity contribution in [3.8, 4) is 0 Å². The number of piperazine rings is 1. The van der Waals surface area contributed by atoms with Gasteiger partial charge in [0, 0.05) is 43.1 Å². The molecule has 0 amide bonds. The zero-order valence-electron chi connectivity index (χ0n) is 13.4. The van der Waals surface area contributed by atoms with Crippen LogP contribution < -0.4 is 0 Å². The third-order valence-electron chi connectivity index (χ3n) is 5.91. The van der Waals surface area contributed by atoms with Gasteiger partial charge < -0.3 is 0 Å². The van der Waals surface area contributed by atoms with Gasteiger partial charge in [-0.1, -0.05) is 20.3 Å². The van der Waals surface area contributed by atoms with Crippen LogP contribution in [0.1, 0.15) is 52.9 Å². The quantitative estimate of drug-likeness (QED) is 0.775. The van der Waals surface area contributed by atoms with E-state index in [0.29, 0.717) is 11.8 Å². The zero-order valence-corrected chi connectivity index (χ0v) is 13.4.